The number of sulfonamides is 1. The number of aromatic nitrogens is 2. The number of nitrogens with zero attached hydrogens (tertiary/aromatic N) is 2. The molecule has 1 amide bonds. The summed E-state index contributed by atoms with van der Waals surface area (Å²) in [6, 6.07) is 7.77. The zero-order valence-electron chi connectivity index (χ0n) is 10.6. The zero-order valence-corrected chi connectivity index (χ0v) is 11.4. The van der Waals surface area contributed by atoms with E-state index in [1.54, 1.807) is 18.2 Å². The van der Waals surface area contributed by atoms with Crippen LogP contribution in [0, 0.1) is 6.92 Å². The molecule has 0 saturated carbocycles. The molecule has 2 N–H and O–H groups in total. The van der Waals surface area contributed by atoms with Crippen LogP contribution in [0.1, 0.15) is 16.2 Å². The highest BCUT2D eigenvalue weighted by molar-refractivity contribution is 7.89. The topological polar surface area (TPSA) is 101 Å². The van der Waals surface area contributed by atoms with Crippen LogP contribution in [0.15, 0.2) is 47.6 Å². The Hall–Kier alpha value is -2.32. The Kier molecular flexibility index (Phi) is 4.06. The van der Waals surface area contributed by atoms with Crippen molar-refractivity contribution in [3.63, 3.8) is 0 Å². The molecular weight excluding hydrogens is 280 g/mol. The van der Waals surface area contributed by atoms with E-state index in [9.17, 15) is 13.2 Å². The number of amides is 1. The summed E-state index contributed by atoms with van der Waals surface area (Å²) in [4.78, 5) is 21.1. The van der Waals surface area contributed by atoms with E-state index in [1.165, 1.54) is 24.5 Å². The Labute approximate surface area is 116 Å². The second-order valence-electron chi connectivity index (χ2n) is 3.95. The highest BCUT2D eigenvalue weighted by Gasteiger charge is 2.16. The third kappa shape index (κ3) is 3.37. The van der Waals surface area contributed by atoms with Crippen molar-refractivity contribution in [3.8, 4) is 0 Å². The summed E-state index contributed by atoms with van der Waals surface area (Å²) in [6.45, 7) is 1.85. The van der Waals surface area contributed by atoms with Crippen molar-refractivity contribution >= 4 is 15.9 Å². The molecule has 0 atom stereocenters. The summed E-state index contributed by atoms with van der Waals surface area (Å²) in [5.74, 6) is -0.861. The predicted molar refractivity (Wildman–Crippen MR) is 71.0 cm³/mol. The lowest BCUT2D eigenvalue weighted by Crippen LogP contribution is -2.42. The van der Waals surface area contributed by atoms with Gasteiger partial charge in [0.1, 0.15) is 0 Å². The molecule has 0 fully saturated rings. The summed E-state index contributed by atoms with van der Waals surface area (Å²) in [7, 11) is -3.82. The summed E-state index contributed by atoms with van der Waals surface area (Å²) >= 11 is 0. The van der Waals surface area contributed by atoms with Crippen molar-refractivity contribution in [3.05, 3.63) is 54.1 Å². The molecule has 0 aliphatic rings. The van der Waals surface area contributed by atoms with Crippen LogP contribution in [0.2, 0.25) is 0 Å². The molecule has 0 aliphatic heterocycles. The molecule has 2 aromatic rings. The van der Waals surface area contributed by atoms with Gasteiger partial charge in [0.15, 0.2) is 0 Å². The molecule has 1 heterocycles. The maximum Gasteiger partial charge on any atom is 0.304 e. The van der Waals surface area contributed by atoms with Crippen LogP contribution >= 0.6 is 0 Å². The largest absolute Gasteiger partial charge is 0.304 e. The third-order valence-electron chi connectivity index (χ3n) is 2.40. The summed E-state index contributed by atoms with van der Waals surface area (Å²) in [5.41, 5.74) is 2.99. The third-order valence-corrected chi connectivity index (χ3v) is 3.66. The first-order valence-corrected chi connectivity index (χ1v) is 7.13. The number of hydrogen-bond donors (Lipinski definition) is 2. The van der Waals surface area contributed by atoms with Crippen LogP contribution < -0.4 is 10.3 Å². The maximum absolute atomic E-state index is 11.9. The van der Waals surface area contributed by atoms with E-state index >= 15 is 0 Å². The molecule has 0 saturated heterocycles. The van der Waals surface area contributed by atoms with Gasteiger partial charge in [-0.3, -0.25) is 10.2 Å². The van der Waals surface area contributed by atoms with Crippen molar-refractivity contribution in [2.45, 2.75) is 11.8 Å². The number of aryl methyl sites for hydroxylation is 1. The molecule has 0 spiro atoms. The monoisotopic (exact) mass is 292 g/mol. The van der Waals surface area contributed by atoms with Crippen LogP contribution in [0.5, 0.6) is 0 Å². The second-order valence-corrected chi connectivity index (χ2v) is 5.63. The molecule has 1 aromatic heterocycles. The van der Waals surface area contributed by atoms with Crippen LogP contribution in [0.3, 0.4) is 0 Å². The first-order chi connectivity index (χ1) is 9.49. The van der Waals surface area contributed by atoms with Gasteiger partial charge in [-0.25, -0.2) is 18.4 Å². The highest BCUT2D eigenvalue weighted by Crippen LogP contribution is 2.08. The Morgan fingerprint density at radius 3 is 2.30 bits per heavy atom. The minimum absolute atomic E-state index is 0.0531. The number of carbonyl (C=O) groups excluding carboxylic acids is 1. The van der Waals surface area contributed by atoms with E-state index in [-0.39, 0.29) is 10.7 Å². The Bertz CT molecular complexity index is 699. The van der Waals surface area contributed by atoms with Crippen LogP contribution in [0.4, 0.5) is 0 Å². The molecule has 0 bridgehead atoms. The number of carbonyl (C=O) groups is 1. The average molecular weight is 292 g/mol. The fraction of sp³-hybridized carbons (Fsp3) is 0.0833. The maximum atomic E-state index is 11.9. The van der Waals surface area contributed by atoms with Gasteiger partial charge in [-0.15, -0.1) is 4.83 Å². The van der Waals surface area contributed by atoms with E-state index < -0.39 is 15.9 Å². The number of hydrazine groups is 1. The number of benzene rings is 1. The van der Waals surface area contributed by atoms with Crippen molar-refractivity contribution < 1.29 is 13.2 Å². The van der Waals surface area contributed by atoms with Gasteiger partial charge in [-0.1, -0.05) is 17.7 Å². The van der Waals surface area contributed by atoms with Gasteiger partial charge in [0.05, 0.1) is 4.90 Å². The van der Waals surface area contributed by atoms with Crippen molar-refractivity contribution in [2.75, 3.05) is 0 Å². The first kappa shape index (κ1) is 14.1. The summed E-state index contributed by atoms with van der Waals surface area (Å²) < 4.78 is 23.8. The minimum Gasteiger partial charge on any atom is -0.271 e. The lowest BCUT2D eigenvalue weighted by molar-refractivity contribution is 0.0934. The van der Waals surface area contributed by atoms with E-state index in [0.717, 1.165) is 5.56 Å². The van der Waals surface area contributed by atoms with Gasteiger partial charge >= 0.3 is 5.91 Å². The Morgan fingerprint density at radius 1 is 1.10 bits per heavy atom. The molecule has 7 nitrogen and oxygen atoms in total. The second kappa shape index (κ2) is 5.76. The minimum atomic E-state index is -3.82. The molecule has 20 heavy (non-hydrogen) atoms. The van der Waals surface area contributed by atoms with Crippen LogP contribution in [-0.4, -0.2) is 24.3 Å². The lowest BCUT2D eigenvalue weighted by atomic mass is 10.2. The van der Waals surface area contributed by atoms with Gasteiger partial charge in [-0.2, -0.15) is 0 Å². The van der Waals surface area contributed by atoms with Gasteiger partial charge in [-0.05, 0) is 25.1 Å². The molecule has 0 aliphatic carbocycles. The quantitative estimate of drug-likeness (QED) is 0.795. The summed E-state index contributed by atoms with van der Waals surface area (Å²) in [5, 5.41) is 0. The fourth-order valence-electron chi connectivity index (χ4n) is 1.36. The van der Waals surface area contributed by atoms with E-state index in [1.807, 2.05) is 11.8 Å². The zero-order chi connectivity index (χ0) is 14.6. The average Bonchev–Trinajstić information content (AvgIpc) is 2.46. The molecule has 2 rings (SSSR count). The van der Waals surface area contributed by atoms with E-state index in [0.29, 0.717) is 0 Å². The molecule has 1 aromatic carbocycles. The molecule has 0 radical (unpaired) electrons. The SMILES string of the molecule is Cc1ccc(S(=O)(=O)NNC(=O)c2ncccn2)cc1. The van der Waals surface area contributed by atoms with Crippen LogP contribution in [0.25, 0.3) is 0 Å². The number of rotatable bonds is 4. The first-order valence-electron chi connectivity index (χ1n) is 5.65. The van der Waals surface area contributed by atoms with Gasteiger partial charge < -0.3 is 0 Å². The van der Waals surface area contributed by atoms with Gasteiger partial charge in [0.2, 0.25) is 5.82 Å². The fourth-order valence-corrected chi connectivity index (χ4v) is 2.20. The molecule has 0 unspecified atom stereocenters. The molecular formula is C12H12N4O3S. The predicted octanol–water partition coefficient (Wildman–Crippen LogP) is 0.408. The Morgan fingerprint density at radius 2 is 1.70 bits per heavy atom. The molecule has 104 valence electrons. The van der Waals surface area contributed by atoms with E-state index in [2.05, 4.69) is 15.4 Å². The van der Waals surface area contributed by atoms with Crippen molar-refractivity contribution in [1.82, 2.24) is 20.2 Å². The summed E-state index contributed by atoms with van der Waals surface area (Å²) in [6.07, 6.45) is 2.77. The number of nitrogens with one attached hydrogen (secondary N) is 2. The van der Waals surface area contributed by atoms with E-state index in [4.69, 9.17) is 0 Å². The van der Waals surface area contributed by atoms with Gasteiger partial charge in [0, 0.05) is 12.4 Å². The highest BCUT2D eigenvalue weighted by atomic mass is 32.2. The smallest absolute Gasteiger partial charge is 0.271 e. The standard InChI is InChI=1S/C12H12N4O3S/c1-9-3-5-10(6-4-9)20(18,19)16-15-12(17)11-13-7-2-8-14-11/h2-8,16H,1H3,(H,15,17). The van der Waals surface area contributed by atoms with Crippen LogP contribution in [-0.2, 0) is 10.0 Å². The molecule has 8 heteroatoms. The number of hydrogen-bond acceptors (Lipinski definition) is 5. The normalized spacial score (nSPS) is 11.1. The Balaban J connectivity index is 2.06. The van der Waals surface area contributed by atoms with Crippen molar-refractivity contribution in [2.24, 2.45) is 0 Å². The lowest BCUT2D eigenvalue weighted by Gasteiger charge is -2.07. The van der Waals surface area contributed by atoms with Gasteiger partial charge in [0.25, 0.3) is 10.0 Å². The van der Waals surface area contributed by atoms with Crippen molar-refractivity contribution in [1.29, 1.82) is 0 Å².